The normalized spacial score (nSPS) is 36.3. The van der Waals surface area contributed by atoms with Gasteiger partial charge in [0.1, 0.15) is 5.82 Å². The van der Waals surface area contributed by atoms with Gasteiger partial charge in [-0.05, 0) is 20.3 Å². The molecule has 1 aliphatic carbocycles. The predicted molar refractivity (Wildman–Crippen MR) is 52.0 cm³/mol. The topological polar surface area (TPSA) is 85.8 Å². The lowest BCUT2D eigenvalue weighted by atomic mass is 9.79. The number of hydrogen-bond acceptors (Lipinski definition) is 4. The van der Waals surface area contributed by atoms with E-state index in [-0.39, 0.29) is 28.7 Å². The fourth-order valence-corrected chi connectivity index (χ4v) is 2.35. The number of allylic oxidation sites excluding steroid dienone is 1. The van der Waals surface area contributed by atoms with Crippen molar-refractivity contribution >= 4 is 0 Å². The van der Waals surface area contributed by atoms with E-state index in [1.807, 2.05) is 13.8 Å². The fourth-order valence-electron chi connectivity index (χ4n) is 2.35. The first-order valence-corrected chi connectivity index (χ1v) is 5.15. The summed E-state index contributed by atoms with van der Waals surface area (Å²) in [5.41, 5.74) is 10.6. The molecule has 5 N–H and O–H groups in total. The van der Waals surface area contributed by atoms with Gasteiger partial charge in [-0.2, -0.15) is 10.6 Å². The van der Waals surface area contributed by atoms with Crippen LogP contribution in [0.4, 0.5) is 0 Å². The molecule has 0 aromatic carbocycles. The van der Waals surface area contributed by atoms with Gasteiger partial charge in [0.2, 0.25) is 0 Å². The molecule has 3 atom stereocenters. The van der Waals surface area contributed by atoms with Crippen molar-refractivity contribution in [3.63, 3.8) is 0 Å². The second-order valence-corrected chi connectivity index (χ2v) is 4.47. The van der Waals surface area contributed by atoms with Gasteiger partial charge in [0, 0.05) is 12.3 Å². The average molecular weight is 211 g/mol. The molecule has 0 fully saturated rings. The van der Waals surface area contributed by atoms with E-state index in [0.717, 1.165) is 6.42 Å². The number of hydrogen-bond donors (Lipinski definition) is 4. The molecule has 2 aliphatic rings. The van der Waals surface area contributed by atoms with Gasteiger partial charge in [-0.25, -0.2) is 0 Å². The van der Waals surface area contributed by atoms with Crippen LogP contribution in [0.25, 0.3) is 0 Å². The Labute approximate surface area is 88.8 Å². The molecule has 1 aliphatic heterocycles. The van der Waals surface area contributed by atoms with Crippen LogP contribution in [0.3, 0.4) is 0 Å². The molecule has 5 heteroatoms. The number of fused-ring (bicyclic) bond motifs is 1. The summed E-state index contributed by atoms with van der Waals surface area (Å²) in [6.45, 7) is 4.08. The Kier molecular flexibility index (Phi) is 2.36. The maximum atomic E-state index is 11.8. The lowest BCUT2D eigenvalue weighted by Crippen LogP contribution is -3.21. The van der Waals surface area contributed by atoms with Crippen LogP contribution in [0, 0.1) is 5.92 Å². The Morgan fingerprint density at radius 1 is 1.40 bits per heavy atom. The van der Waals surface area contributed by atoms with Gasteiger partial charge in [0.15, 0.2) is 6.04 Å². The first-order chi connectivity index (χ1) is 7.00. The highest BCUT2D eigenvalue weighted by Gasteiger charge is 2.39. The third kappa shape index (κ3) is 1.57. The van der Waals surface area contributed by atoms with Gasteiger partial charge < -0.3 is 10.8 Å². The summed E-state index contributed by atoms with van der Waals surface area (Å²) in [5.74, 6) is -0.166. The minimum Gasteiger partial charge on any atom is -0.873 e. The number of nitrogens with two attached hydrogens (primary N) is 1. The Bertz CT molecular complexity index is 349. The van der Waals surface area contributed by atoms with Crippen LogP contribution in [0.1, 0.15) is 26.7 Å². The van der Waals surface area contributed by atoms with E-state index in [0.29, 0.717) is 6.42 Å². The smallest absolute Gasteiger partial charge is 0.151 e. The van der Waals surface area contributed by atoms with E-state index in [9.17, 15) is 10.3 Å². The zero-order valence-corrected chi connectivity index (χ0v) is 9.00. The number of rotatable bonds is 0. The molecular formula is C10H17N3O2. The number of nitrogens with one attached hydrogen (secondary N) is 2. The molecule has 3 unspecified atom stereocenters. The largest absolute Gasteiger partial charge is 0.873 e. The van der Waals surface area contributed by atoms with Crippen LogP contribution in [-0.4, -0.2) is 11.2 Å². The summed E-state index contributed by atoms with van der Waals surface area (Å²) in [5, 5.41) is 21.7. The summed E-state index contributed by atoms with van der Waals surface area (Å²) >= 11 is 0. The van der Waals surface area contributed by atoms with Crippen molar-refractivity contribution in [2.45, 2.75) is 32.7 Å². The first kappa shape index (κ1) is 10.3. The standard InChI is InChI=1S/C10H17N3O2/c1-5-3-7-8(4-6(5)2)13(15)12-10(11)9(7)14/h7-8,12,14-15H,3-4,11H2,1-2H3. The Morgan fingerprint density at radius 2 is 2.00 bits per heavy atom. The van der Waals surface area contributed by atoms with E-state index in [2.05, 4.69) is 5.43 Å². The van der Waals surface area contributed by atoms with Crippen LogP contribution in [0.5, 0.6) is 0 Å². The quantitative estimate of drug-likeness (QED) is 0.363. The Hall–Kier alpha value is -1.20. The second-order valence-electron chi connectivity index (χ2n) is 4.47. The molecule has 0 radical (unpaired) electrons. The number of quaternary nitrogens is 1. The monoisotopic (exact) mass is 211 g/mol. The van der Waals surface area contributed by atoms with E-state index < -0.39 is 0 Å². The molecule has 2 rings (SSSR count). The molecule has 15 heavy (non-hydrogen) atoms. The minimum atomic E-state index is -0.171. The van der Waals surface area contributed by atoms with E-state index >= 15 is 0 Å². The Balaban J connectivity index is 2.34. The van der Waals surface area contributed by atoms with Crippen molar-refractivity contribution in [2.24, 2.45) is 11.7 Å². The maximum Gasteiger partial charge on any atom is 0.151 e. The van der Waals surface area contributed by atoms with Crippen molar-refractivity contribution in [3.8, 4) is 0 Å². The van der Waals surface area contributed by atoms with Gasteiger partial charge in [0.25, 0.3) is 0 Å². The zero-order valence-electron chi connectivity index (χ0n) is 9.00. The third-order valence-electron chi connectivity index (χ3n) is 3.48. The molecule has 84 valence electrons. The maximum absolute atomic E-state index is 11.8. The highest BCUT2D eigenvalue weighted by molar-refractivity contribution is 5.21. The summed E-state index contributed by atoms with van der Waals surface area (Å²) < 4.78 is 0. The molecule has 0 amide bonds. The molecular weight excluding hydrogens is 194 g/mol. The van der Waals surface area contributed by atoms with Crippen LogP contribution >= 0.6 is 0 Å². The van der Waals surface area contributed by atoms with Gasteiger partial charge in [-0.3, -0.25) is 0 Å². The summed E-state index contributed by atoms with van der Waals surface area (Å²) in [4.78, 5) is 0. The van der Waals surface area contributed by atoms with E-state index in [4.69, 9.17) is 5.73 Å². The summed E-state index contributed by atoms with van der Waals surface area (Å²) in [6, 6.07) is -0.103. The van der Waals surface area contributed by atoms with Crippen molar-refractivity contribution in [2.75, 3.05) is 0 Å². The van der Waals surface area contributed by atoms with Crippen LogP contribution < -0.4 is 21.4 Å². The average Bonchev–Trinajstić information content (AvgIpc) is 2.18. The summed E-state index contributed by atoms with van der Waals surface area (Å²) in [7, 11) is 0. The first-order valence-electron chi connectivity index (χ1n) is 5.15. The van der Waals surface area contributed by atoms with E-state index in [1.54, 1.807) is 0 Å². The Morgan fingerprint density at radius 3 is 2.67 bits per heavy atom. The molecule has 0 saturated heterocycles. The molecule has 1 heterocycles. The molecule has 0 spiro atoms. The molecule has 0 aromatic heterocycles. The van der Waals surface area contributed by atoms with E-state index in [1.165, 1.54) is 11.1 Å². The lowest BCUT2D eigenvalue weighted by molar-refractivity contribution is -1.14. The minimum absolute atomic E-state index is 0.0651. The number of hydroxylamine groups is 1. The highest BCUT2D eigenvalue weighted by atomic mass is 16.5. The van der Waals surface area contributed by atoms with Gasteiger partial charge in [-0.1, -0.05) is 22.1 Å². The fraction of sp³-hybridized carbons (Fsp3) is 0.600. The van der Waals surface area contributed by atoms with Gasteiger partial charge in [0.05, 0.1) is 0 Å². The third-order valence-corrected chi connectivity index (χ3v) is 3.48. The van der Waals surface area contributed by atoms with Crippen LogP contribution in [0.2, 0.25) is 0 Å². The lowest BCUT2D eigenvalue weighted by Gasteiger charge is -2.41. The van der Waals surface area contributed by atoms with Crippen molar-refractivity contribution in [1.29, 1.82) is 0 Å². The molecule has 5 nitrogen and oxygen atoms in total. The second kappa shape index (κ2) is 3.43. The predicted octanol–water partition coefficient (Wildman–Crippen LogP) is -1.62. The SMILES string of the molecule is CC1=C(C)CC2C(C1)C([O-])=C(N)N[NH+]2O. The molecule has 0 saturated carbocycles. The molecule has 0 aromatic rings. The highest BCUT2D eigenvalue weighted by Crippen LogP contribution is 2.31. The van der Waals surface area contributed by atoms with Gasteiger partial charge >= 0.3 is 0 Å². The van der Waals surface area contributed by atoms with Crippen molar-refractivity contribution in [3.05, 3.63) is 22.7 Å². The zero-order chi connectivity index (χ0) is 11.2. The molecule has 0 bridgehead atoms. The van der Waals surface area contributed by atoms with Crippen molar-refractivity contribution < 1.29 is 15.5 Å². The van der Waals surface area contributed by atoms with Crippen LogP contribution in [0.15, 0.2) is 22.7 Å². The van der Waals surface area contributed by atoms with Crippen LogP contribution in [-0.2, 0) is 0 Å². The van der Waals surface area contributed by atoms with Crippen molar-refractivity contribution in [1.82, 2.24) is 5.43 Å². The van der Waals surface area contributed by atoms with Gasteiger partial charge in [-0.15, -0.1) is 0 Å². The summed E-state index contributed by atoms with van der Waals surface area (Å²) in [6.07, 6.45) is 1.45.